The molecule has 52 valence electrons. The van der Waals surface area contributed by atoms with Crippen LogP contribution in [0.5, 0.6) is 0 Å². The number of rotatable bonds is 0. The van der Waals surface area contributed by atoms with E-state index < -0.39 is 1.57 Å². The van der Waals surface area contributed by atoms with Crippen LogP contribution in [-0.4, -0.2) is 1.57 Å². The largest absolute Gasteiger partial charge is 0 e. The molecule has 0 N–H and O–H groups in total. The maximum Gasteiger partial charge on any atom is 0 e. The Kier molecular flexibility index (Phi) is 9.41. The SMILES string of the molecule is C[Si](C)(C)[Yb].[Tm]. The molecule has 0 amide bonds. The summed E-state index contributed by atoms with van der Waals surface area (Å²) >= 11 is 3.21. The minimum atomic E-state index is -0.750. The van der Waals surface area contributed by atoms with Crippen LogP contribution in [0.1, 0.15) is 0 Å². The molecule has 0 heterocycles. The van der Waals surface area contributed by atoms with Crippen molar-refractivity contribution >= 4 is 1.57 Å². The quantitative estimate of drug-likeness (QED) is 0.525. The van der Waals surface area contributed by atoms with Gasteiger partial charge in [-0.25, -0.2) is 0 Å². The second kappa shape index (κ2) is 4.81. The first-order valence-corrected chi connectivity index (χ1v) is 7.47. The molecule has 0 nitrogen and oxygen atoms in total. The van der Waals surface area contributed by atoms with Crippen molar-refractivity contribution in [2.75, 3.05) is 0 Å². The average Bonchev–Trinajstić information content (AvgIpc) is 0.722. The molecule has 0 aliphatic carbocycles. The molecule has 0 unspecified atom stereocenters. The van der Waals surface area contributed by atoms with Crippen molar-refractivity contribution in [2.24, 2.45) is 0 Å². The van der Waals surface area contributed by atoms with Crippen molar-refractivity contribution in [3.63, 3.8) is 0 Å². The molecule has 0 aromatic carbocycles. The third kappa shape index (κ3) is 28.2. The minimum Gasteiger partial charge on any atom is 0 e. The molecule has 3 heteroatoms. The summed E-state index contributed by atoms with van der Waals surface area (Å²) in [5.41, 5.74) is 0. The van der Waals surface area contributed by atoms with Crippen LogP contribution in [-0.2, 0) is 0 Å². The summed E-state index contributed by atoms with van der Waals surface area (Å²) in [4.78, 5) is 0. The fourth-order valence-corrected chi connectivity index (χ4v) is 0. The van der Waals surface area contributed by atoms with E-state index in [2.05, 4.69) is 63.1 Å². The Morgan fingerprint density at radius 3 is 1.17 bits per heavy atom. The zero-order valence-corrected chi connectivity index (χ0v) is 8.54. The Labute approximate surface area is 98.8 Å². The summed E-state index contributed by atoms with van der Waals surface area (Å²) in [6.45, 7) is 6.79. The van der Waals surface area contributed by atoms with E-state index in [1.165, 1.54) is 0 Å². The van der Waals surface area contributed by atoms with Gasteiger partial charge in [0.05, 0.1) is 0 Å². The van der Waals surface area contributed by atoms with Gasteiger partial charge in [-0.3, -0.25) is 0 Å². The average molecular weight is 415 g/mol. The summed E-state index contributed by atoms with van der Waals surface area (Å²) in [5.74, 6) is 0. The zero-order chi connectivity index (χ0) is 4.50. The molecule has 0 aromatic rings. The summed E-state index contributed by atoms with van der Waals surface area (Å²) in [6, 6.07) is 0. The molecule has 0 bridgehead atoms. The van der Waals surface area contributed by atoms with Gasteiger partial charge in [0.25, 0.3) is 0 Å². The summed E-state index contributed by atoms with van der Waals surface area (Å²) in [7, 11) is 0. The predicted molar refractivity (Wildman–Crippen MR) is 23.3 cm³/mol. The van der Waals surface area contributed by atoms with Crippen LogP contribution in [0.4, 0.5) is 0 Å². The Bertz CT molecular complexity index is 26.3. The van der Waals surface area contributed by atoms with Crippen molar-refractivity contribution < 1.29 is 80.3 Å². The smallest absolute Gasteiger partial charge is 0 e. The van der Waals surface area contributed by atoms with E-state index in [0.717, 1.165) is 0 Å². The van der Waals surface area contributed by atoms with Crippen molar-refractivity contribution in [3.05, 3.63) is 0 Å². The van der Waals surface area contributed by atoms with Crippen LogP contribution in [0.15, 0.2) is 0 Å². The van der Waals surface area contributed by atoms with Crippen LogP contribution in [0.3, 0.4) is 0 Å². The minimum absolute atomic E-state index is 0. The van der Waals surface area contributed by atoms with Crippen LogP contribution in [0.25, 0.3) is 0 Å². The van der Waals surface area contributed by atoms with E-state index >= 15 is 0 Å². The van der Waals surface area contributed by atoms with E-state index in [4.69, 9.17) is 0 Å². The summed E-state index contributed by atoms with van der Waals surface area (Å²) in [6.07, 6.45) is 0. The van der Waals surface area contributed by atoms with Crippen LogP contribution >= 0.6 is 0 Å². The Hall–Kier alpha value is 2.97. The van der Waals surface area contributed by atoms with Crippen molar-refractivity contribution in [2.45, 2.75) is 19.6 Å². The van der Waals surface area contributed by atoms with E-state index in [-0.39, 0.29) is 36.9 Å². The van der Waals surface area contributed by atoms with Crippen LogP contribution < -0.4 is 0 Å². The molecule has 1 radical (unpaired) electrons. The fraction of sp³-hybridized carbons (Fsp3) is 1.00. The van der Waals surface area contributed by atoms with Gasteiger partial charge in [-0.05, 0) is 0 Å². The third-order valence-electron chi connectivity index (χ3n) is 0. The van der Waals surface area contributed by atoms with Gasteiger partial charge in [-0.2, -0.15) is 0 Å². The monoisotopic (exact) mass is 416 g/mol. The third-order valence-corrected chi connectivity index (χ3v) is 0. The summed E-state index contributed by atoms with van der Waals surface area (Å²) in [5, 5.41) is 0. The maximum atomic E-state index is 3.21. The zero-order valence-electron chi connectivity index (χ0n) is 4.04. The molecule has 0 aliphatic rings. The molecule has 0 saturated heterocycles. The molecule has 0 fully saturated rings. The molecule has 6 heavy (non-hydrogen) atoms. The Balaban J connectivity index is 0. The maximum absolute atomic E-state index is 3.21. The van der Waals surface area contributed by atoms with Gasteiger partial charge in [0.1, 0.15) is 0 Å². The molecule has 0 aromatic heterocycles. The van der Waals surface area contributed by atoms with E-state index in [0.29, 0.717) is 0 Å². The molecular formula is C3H9SiTmYb. The van der Waals surface area contributed by atoms with Gasteiger partial charge in [-0.15, -0.1) is 0 Å². The second-order valence-corrected chi connectivity index (χ2v) is 13.4. The summed E-state index contributed by atoms with van der Waals surface area (Å²) < 4.78 is -0.750. The Morgan fingerprint density at radius 1 is 1.17 bits per heavy atom. The van der Waals surface area contributed by atoms with Gasteiger partial charge in [0.15, 0.2) is 0 Å². The molecule has 0 spiro atoms. The van der Waals surface area contributed by atoms with E-state index in [1.54, 1.807) is 0 Å². The Morgan fingerprint density at radius 2 is 1.17 bits per heavy atom. The fourth-order valence-electron chi connectivity index (χ4n) is 0. The first kappa shape index (κ1) is 11.7. The predicted octanol–water partition coefficient (Wildman–Crippen LogP) is 1.37. The van der Waals surface area contributed by atoms with Crippen LogP contribution in [0, 0.1) is 80.3 Å². The second-order valence-electron chi connectivity index (χ2n) is 1.90. The van der Waals surface area contributed by atoms with Gasteiger partial charge in [0.2, 0.25) is 0 Å². The van der Waals surface area contributed by atoms with E-state index in [1.807, 2.05) is 0 Å². The first-order valence-electron chi connectivity index (χ1n) is 1.63. The molecular weight excluding hydrogens is 406 g/mol. The molecule has 0 atom stereocenters. The van der Waals surface area contributed by atoms with Gasteiger partial charge in [-0.1, -0.05) is 0 Å². The standard InChI is InChI=1S/C3H9Si.Tm.Yb/c1-4(2)3;;/h1-3H3;;. The van der Waals surface area contributed by atoms with Gasteiger partial charge < -0.3 is 0 Å². The van der Waals surface area contributed by atoms with Gasteiger partial charge in [0, 0.05) is 36.9 Å². The van der Waals surface area contributed by atoms with Crippen LogP contribution in [0.2, 0.25) is 19.6 Å². The topological polar surface area (TPSA) is 0 Å². The normalized spacial score (nSPS) is 10.2. The molecule has 0 aliphatic heterocycles. The first-order chi connectivity index (χ1) is 2.00. The number of hydrogen-bond donors (Lipinski definition) is 0. The van der Waals surface area contributed by atoms with Crippen molar-refractivity contribution in [3.8, 4) is 0 Å². The van der Waals surface area contributed by atoms with Crippen molar-refractivity contribution in [1.29, 1.82) is 0 Å². The number of hydrogen-bond acceptors (Lipinski definition) is 0. The van der Waals surface area contributed by atoms with Crippen molar-refractivity contribution in [1.82, 2.24) is 0 Å². The van der Waals surface area contributed by atoms with Gasteiger partial charge >= 0.3 is 64.6 Å². The molecule has 0 rings (SSSR count). The molecule has 0 saturated carbocycles. The van der Waals surface area contributed by atoms with E-state index in [9.17, 15) is 0 Å².